The van der Waals surface area contributed by atoms with Crippen LogP contribution in [0.15, 0.2) is 207 Å². The van der Waals surface area contributed by atoms with E-state index in [9.17, 15) is 43.5 Å². The van der Waals surface area contributed by atoms with Crippen molar-refractivity contribution < 1.29 is 75.8 Å². The lowest BCUT2D eigenvalue weighted by Crippen LogP contribution is -2.29. The fraction of sp³-hybridized carbons (Fsp3) is 0.543. The minimum Gasteiger partial charge on any atom is -0.463 e. The topological polar surface area (TPSA) is 231 Å². The van der Waals surface area contributed by atoms with Gasteiger partial charge in [0.2, 0.25) is 0 Å². The summed E-state index contributed by atoms with van der Waals surface area (Å²) in [7, 11) is -9.85. The number of phosphoric acid groups is 2. The van der Waals surface area contributed by atoms with E-state index >= 15 is 0 Å². The maximum absolute atomic E-state index is 12.9. The van der Waals surface area contributed by atoms with Gasteiger partial charge in [0.05, 0.1) is 26.4 Å². The minimum absolute atomic E-state index is 0.0406. The van der Waals surface area contributed by atoms with Crippen LogP contribution < -0.4 is 0 Å². The molecule has 0 fully saturated rings. The zero-order valence-electron chi connectivity index (χ0n) is 60.3. The molecule has 99 heavy (non-hydrogen) atoms. The van der Waals surface area contributed by atoms with E-state index in [1.807, 2.05) is 18.2 Å². The van der Waals surface area contributed by atoms with Crippen molar-refractivity contribution in [3.05, 3.63) is 207 Å². The van der Waals surface area contributed by atoms with E-state index in [1.54, 1.807) is 0 Å². The average molecular weight is 1420 g/mol. The highest BCUT2D eigenvalue weighted by Gasteiger charge is 2.29. The molecule has 5 unspecified atom stereocenters. The van der Waals surface area contributed by atoms with Crippen LogP contribution >= 0.6 is 15.6 Å². The van der Waals surface area contributed by atoms with E-state index in [4.69, 9.17) is 32.3 Å². The highest BCUT2D eigenvalue weighted by atomic mass is 31.2. The molecule has 0 aliphatic heterocycles. The Balaban J connectivity index is 4.84. The molecular weight excluding hydrogens is 1290 g/mol. The summed E-state index contributed by atoms with van der Waals surface area (Å²) in [5.41, 5.74) is 0. The first-order chi connectivity index (χ1) is 48.2. The molecule has 18 heteroatoms. The Hall–Kier alpha value is -5.87. The number of hydrogen-bond acceptors (Lipinski definition) is 14. The number of hydrogen-bond donors (Lipinski definition) is 4. The van der Waals surface area contributed by atoms with Gasteiger partial charge in [-0.3, -0.25) is 32.5 Å². The molecule has 0 amide bonds. The summed E-state index contributed by atoms with van der Waals surface area (Å²) in [4.78, 5) is 58.5. The quantitative estimate of drug-likeness (QED) is 0.0146. The molecule has 0 aromatic rings. The van der Waals surface area contributed by atoms with Crippen LogP contribution in [0.1, 0.15) is 226 Å². The molecule has 0 spiro atoms. The van der Waals surface area contributed by atoms with Gasteiger partial charge in [-0.25, -0.2) is 9.13 Å². The van der Waals surface area contributed by atoms with Crippen molar-refractivity contribution in [1.29, 1.82) is 0 Å². The van der Waals surface area contributed by atoms with Crippen molar-refractivity contribution in [1.82, 2.24) is 0 Å². The third kappa shape index (κ3) is 73.2. The maximum atomic E-state index is 12.9. The zero-order valence-corrected chi connectivity index (χ0v) is 62.1. The first-order valence-corrected chi connectivity index (χ1v) is 39.4. The van der Waals surface area contributed by atoms with E-state index in [0.29, 0.717) is 25.7 Å². The normalized spacial score (nSPS) is 15.3. The van der Waals surface area contributed by atoms with Crippen molar-refractivity contribution in [2.24, 2.45) is 0 Å². The van der Waals surface area contributed by atoms with Gasteiger partial charge in [0.15, 0.2) is 6.10 Å². The summed E-state index contributed by atoms with van der Waals surface area (Å²) in [6.45, 7) is 2.13. The molecule has 0 saturated carbocycles. The van der Waals surface area contributed by atoms with E-state index in [1.165, 1.54) is 0 Å². The summed E-state index contributed by atoms with van der Waals surface area (Å²) in [6.07, 6.45) is 94.6. The number of aliphatic hydroxyl groups excluding tert-OH is 2. The number of rotatable bonds is 66. The molecule has 0 rings (SSSR count). The van der Waals surface area contributed by atoms with Gasteiger partial charge >= 0.3 is 33.6 Å². The predicted molar refractivity (Wildman–Crippen MR) is 407 cm³/mol. The number of unbranched alkanes of at least 4 members (excludes halogenated alkanes) is 9. The second-order valence-corrected chi connectivity index (χ2v) is 26.1. The first kappa shape index (κ1) is 93.1. The summed E-state index contributed by atoms with van der Waals surface area (Å²) in [6, 6.07) is 0. The van der Waals surface area contributed by atoms with Gasteiger partial charge in [-0.2, -0.15) is 0 Å². The summed E-state index contributed by atoms with van der Waals surface area (Å²) in [5.74, 6) is -1.76. The maximum Gasteiger partial charge on any atom is 0.472 e. The van der Waals surface area contributed by atoms with Gasteiger partial charge in [-0.15, -0.1) is 0 Å². The van der Waals surface area contributed by atoms with Crippen molar-refractivity contribution >= 4 is 33.6 Å². The lowest BCUT2D eigenvalue weighted by Gasteiger charge is -2.21. The number of phosphoric ester groups is 2. The molecule has 4 N–H and O–H groups in total. The van der Waals surface area contributed by atoms with Gasteiger partial charge in [-0.1, -0.05) is 259 Å². The lowest BCUT2D eigenvalue weighted by molar-refractivity contribution is -0.161. The lowest BCUT2D eigenvalue weighted by atomic mass is 10.1. The van der Waals surface area contributed by atoms with Gasteiger partial charge in [-0.05, 0) is 154 Å². The van der Waals surface area contributed by atoms with E-state index in [2.05, 4.69) is 209 Å². The minimum atomic E-state index is -4.97. The Bertz CT molecular complexity index is 2630. The largest absolute Gasteiger partial charge is 0.472 e. The summed E-state index contributed by atoms with van der Waals surface area (Å²) >= 11 is 0. The smallest absolute Gasteiger partial charge is 0.463 e. The molecule has 0 heterocycles. The monoisotopic (exact) mass is 1420 g/mol. The van der Waals surface area contributed by atoms with Gasteiger partial charge in [0, 0.05) is 19.3 Å². The van der Waals surface area contributed by atoms with Crippen molar-refractivity contribution in [3.8, 4) is 0 Å². The number of carbonyl (C=O) groups is 3. The third-order valence-electron chi connectivity index (χ3n) is 14.0. The Morgan fingerprint density at radius 1 is 0.283 bits per heavy atom. The third-order valence-corrected chi connectivity index (χ3v) is 15.9. The average Bonchev–Trinajstić information content (AvgIpc) is 2.42. The molecular formula is C81H126O16P2. The number of aliphatic hydroxyl groups is 2. The standard InChI is InChI=1S/C81H126O16P2/c1-4-7-10-13-16-19-22-25-28-31-34-36-37-39-42-43-46-49-52-55-58-61-64-67-79(84)91-70-76(82)71-93-98(87,88)94-72-77(83)73-95-99(89,90)96-75-78(97-81(86)69-66-63-60-57-54-51-48-45-40-33-30-27-24-21-18-15-12-9-6-3)74-92-80(85)68-65-62-59-56-53-50-47-44-41-38-35-32-29-26-23-20-17-14-11-8-5-2/h7-12,16-21,25-30,34-36,38-40,42,44-45,47,51,53-54,56,60,63,76-78,82-83H,4-6,13-15,22-24,31-33,37,41,43,46,48-50,52,55,57-59,61-62,64-75H2,1-3H3,(H,87,88)(H,89,90)/b10-7-,11-8-,12-9-,19-16-,20-17-,21-18-,28-25-,29-26-,30-27-,36-34-,38-35-,42-39-,45-40-,47-44-,54-51-,56-53-,63-60-. The molecule has 5 atom stereocenters. The molecule has 16 nitrogen and oxygen atoms in total. The molecule has 0 saturated heterocycles. The van der Waals surface area contributed by atoms with Crippen LogP contribution in [-0.2, 0) is 55.8 Å². The van der Waals surface area contributed by atoms with Crippen LogP contribution in [0.2, 0.25) is 0 Å². The summed E-state index contributed by atoms with van der Waals surface area (Å²) in [5, 5.41) is 20.6. The van der Waals surface area contributed by atoms with Gasteiger partial charge in [0.25, 0.3) is 0 Å². The van der Waals surface area contributed by atoms with Crippen LogP contribution in [0.5, 0.6) is 0 Å². The second kappa shape index (κ2) is 71.9. The summed E-state index contributed by atoms with van der Waals surface area (Å²) < 4.78 is 60.9. The highest BCUT2D eigenvalue weighted by molar-refractivity contribution is 7.47. The fourth-order valence-corrected chi connectivity index (χ4v) is 10.2. The SMILES string of the molecule is CC/C=C\C/C=C\C/C=C\C/C=C\C/C=C\C/C=C\CCCCC(=O)OCC(COP(=O)(O)OCC(O)COP(=O)(O)OCC(O)COC(=O)CCCCCCCCC/C=C\C/C=C\C/C=C\C/C=C\C/C=C\CC)OC(=O)CC/C=C\C/C=C\C/C=C\C/C=C\C/C=C\C/C=C\CC. The molecule has 0 bridgehead atoms. The highest BCUT2D eigenvalue weighted by Crippen LogP contribution is 2.45. The molecule has 0 aliphatic carbocycles. The molecule has 0 aliphatic rings. The van der Waals surface area contributed by atoms with Gasteiger partial charge < -0.3 is 34.2 Å². The molecule has 0 radical (unpaired) electrons. The number of allylic oxidation sites excluding steroid dienone is 34. The number of carbonyl (C=O) groups excluding carboxylic acids is 3. The molecule has 556 valence electrons. The molecule has 0 aromatic heterocycles. The first-order valence-electron chi connectivity index (χ1n) is 36.4. The van der Waals surface area contributed by atoms with E-state index < -0.39 is 91.5 Å². The predicted octanol–water partition coefficient (Wildman–Crippen LogP) is 21.0. The van der Waals surface area contributed by atoms with E-state index in [-0.39, 0.29) is 19.3 Å². The Kier molecular flexibility index (Phi) is 67.7. The number of esters is 3. The second-order valence-electron chi connectivity index (χ2n) is 23.2. The van der Waals surface area contributed by atoms with E-state index in [0.717, 1.165) is 161 Å². The van der Waals surface area contributed by atoms with Crippen molar-refractivity contribution in [2.45, 2.75) is 245 Å². The van der Waals surface area contributed by atoms with Crippen LogP contribution in [0.3, 0.4) is 0 Å². The Morgan fingerprint density at radius 3 is 0.859 bits per heavy atom. The van der Waals surface area contributed by atoms with Crippen molar-refractivity contribution in [3.63, 3.8) is 0 Å². The Morgan fingerprint density at radius 2 is 0.525 bits per heavy atom. The Labute approximate surface area is 597 Å². The van der Waals surface area contributed by atoms with Gasteiger partial charge in [0.1, 0.15) is 25.4 Å². The zero-order chi connectivity index (χ0) is 72.3. The van der Waals surface area contributed by atoms with Crippen LogP contribution in [0.4, 0.5) is 0 Å². The molecule has 0 aromatic carbocycles. The fourth-order valence-electron chi connectivity index (χ4n) is 8.57. The van der Waals surface area contributed by atoms with Crippen LogP contribution in [-0.4, -0.2) is 95.9 Å². The number of ether oxygens (including phenoxy) is 3. The van der Waals surface area contributed by atoms with Crippen molar-refractivity contribution in [2.75, 3.05) is 39.6 Å². The van der Waals surface area contributed by atoms with Crippen LogP contribution in [0, 0.1) is 0 Å². The van der Waals surface area contributed by atoms with Crippen LogP contribution in [0.25, 0.3) is 0 Å².